The first kappa shape index (κ1) is 13.8. The molecule has 6 heteroatoms. The second-order valence-electron chi connectivity index (χ2n) is 3.21. The zero-order valence-corrected chi connectivity index (χ0v) is 9.44. The minimum absolute atomic E-state index is 0.0206. The van der Waals surface area contributed by atoms with E-state index in [4.69, 9.17) is 0 Å². The van der Waals surface area contributed by atoms with Crippen LogP contribution >= 0.6 is 0 Å². The Kier molecular flexibility index (Phi) is 4.53. The van der Waals surface area contributed by atoms with E-state index in [0.29, 0.717) is 6.08 Å². The third-order valence-electron chi connectivity index (χ3n) is 1.96. The van der Waals surface area contributed by atoms with Gasteiger partial charge < -0.3 is 9.84 Å². The lowest BCUT2D eigenvalue weighted by Gasteiger charge is -2.03. The Labute approximate surface area is 101 Å². The van der Waals surface area contributed by atoms with Crippen molar-refractivity contribution in [3.8, 4) is 0 Å². The fourth-order valence-corrected chi connectivity index (χ4v) is 1.20. The number of carbonyl (C=O) groups excluding carboxylic acids is 2. The van der Waals surface area contributed by atoms with Crippen molar-refractivity contribution in [3.63, 3.8) is 0 Å². The molecule has 0 atom stereocenters. The number of rotatable bonds is 4. The fourth-order valence-electron chi connectivity index (χ4n) is 1.20. The molecule has 1 N–H and O–H groups in total. The molecule has 0 aliphatic heterocycles. The van der Waals surface area contributed by atoms with Crippen LogP contribution < -0.4 is 0 Å². The first-order valence-electron chi connectivity index (χ1n) is 5.03. The number of ether oxygens (including phenoxy) is 1. The van der Waals surface area contributed by atoms with Gasteiger partial charge in [0.2, 0.25) is 0 Å². The van der Waals surface area contributed by atoms with Crippen molar-refractivity contribution >= 4 is 17.5 Å². The van der Waals surface area contributed by atoms with Gasteiger partial charge in [-0.05, 0) is 19.1 Å². The summed E-state index contributed by atoms with van der Waals surface area (Å²) in [5.74, 6) is -5.46. The van der Waals surface area contributed by atoms with Gasteiger partial charge in [-0.25, -0.2) is 13.6 Å². The number of aliphatic hydroxyl groups excluding tert-OH is 1. The molecule has 0 unspecified atom stereocenters. The Morgan fingerprint density at radius 1 is 1.33 bits per heavy atom. The van der Waals surface area contributed by atoms with E-state index in [2.05, 4.69) is 4.74 Å². The minimum atomic E-state index is -1.21. The van der Waals surface area contributed by atoms with Gasteiger partial charge in [-0.3, -0.25) is 4.79 Å². The molecule has 0 aliphatic carbocycles. The Hall–Kier alpha value is -2.24. The Morgan fingerprint density at radius 2 is 1.89 bits per heavy atom. The number of carbonyl (C=O) groups is 2. The van der Waals surface area contributed by atoms with Gasteiger partial charge in [-0.15, -0.1) is 0 Å². The second kappa shape index (κ2) is 5.90. The SMILES string of the molecule is CCOC(=O)C(=O)/C=C(\O)c1c(F)cccc1F. The third kappa shape index (κ3) is 3.13. The quantitative estimate of drug-likeness (QED) is 0.387. The average molecular weight is 256 g/mol. The number of halogens is 2. The molecule has 1 aromatic rings. The van der Waals surface area contributed by atoms with Gasteiger partial charge in [0, 0.05) is 6.08 Å². The second-order valence-corrected chi connectivity index (χ2v) is 3.21. The summed E-state index contributed by atoms with van der Waals surface area (Å²) in [6.45, 7) is 1.47. The van der Waals surface area contributed by atoms with Gasteiger partial charge in [0.15, 0.2) is 0 Å². The highest BCUT2D eigenvalue weighted by Gasteiger charge is 2.17. The number of hydrogen-bond acceptors (Lipinski definition) is 4. The maximum absolute atomic E-state index is 13.2. The van der Waals surface area contributed by atoms with Gasteiger partial charge >= 0.3 is 5.97 Å². The van der Waals surface area contributed by atoms with Crippen molar-refractivity contribution in [1.29, 1.82) is 0 Å². The van der Waals surface area contributed by atoms with Crippen molar-refractivity contribution in [2.75, 3.05) is 6.61 Å². The maximum Gasteiger partial charge on any atom is 0.379 e. The van der Waals surface area contributed by atoms with Crippen LogP contribution in [0.25, 0.3) is 5.76 Å². The van der Waals surface area contributed by atoms with Crippen LogP contribution in [0.5, 0.6) is 0 Å². The summed E-state index contributed by atoms with van der Waals surface area (Å²) in [6, 6.07) is 2.93. The predicted molar refractivity (Wildman–Crippen MR) is 58.6 cm³/mol. The molecular weight excluding hydrogens is 246 g/mol. The van der Waals surface area contributed by atoms with Crippen molar-refractivity contribution < 1.29 is 28.2 Å². The molecule has 96 valence electrons. The molecule has 1 rings (SSSR count). The van der Waals surface area contributed by atoms with Crippen LogP contribution in [0.1, 0.15) is 12.5 Å². The van der Waals surface area contributed by atoms with Crippen LogP contribution in [0.3, 0.4) is 0 Å². The Balaban J connectivity index is 3.03. The molecule has 0 spiro atoms. The van der Waals surface area contributed by atoms with Crippen LogP contribution in [0.15, 0.2) is 24.3 Å². The molecule has 0 saturated heterocycles. The van der Waals surface area contributed by atoms with Crippen LogP contribution in [0.2, 0.25) is 0 Å². The summed E-state index contributed by atoms with van der Waals surface area (Å²) in [6.07, 6.45) is 0.416. The van der Waals surface area contributed by atoms with Gasteiger partial charge in [-0.2, -0.15) is 0 Å². The number of aliphatic hydroxyl groups is 1. The number of benzene rings is 1. The van der Waals surface area contributed by atoms with E-state index in [9.17, 15) is 23.5 Å². The monoisotopic (exact) mass is 256 g/mol. The summed E-state index contributed by atoms with van der Waals surface area (Å²) >= 11 is 0. The van der Waals surface area contributed by atoms with Gasteiger partial charge in [0.05, 0.1) is 12.2 Å². The van der Waals surface area contributed by atoms with Gasteiger partial charge in [-0.1, -0.05) is 6.07 Å². The van der Waals surface area contributed by atoms with E-state index < -0.39 is 34.7 Å². The van der Waals surface area contributed by atoms with Crippen LogP contribution in [-0.4, -0.2) is 23.5 Å². The van der Waals surface area contributed by atoms with E-state index in [1.807, 2.05) is 0 Å². The Bertz CT molecular complexity index is 489. The van der Waals surface area contributed by atoms with Gasteiger partial charge in [0.25, 0.3) is 5.78 Å². The molecule has 0 aliphatic rings. The van der Waals surface area contributed by atoms with Crippen molar-refractivity contribution in [2.45, 2.75) is 6.92 Å². The lowest BCUT2D eigenvalue weighted by Crippen LogP contribution is -2.15. The topological polar surface area (TPSA) is 63.6 Å². The van der Waals surface area contributed by atoms with Gasteiger partial charge in [0.1, 0.15) is 17.4 Å². The molecule has 0 heterocycles. The lowest BCUT2D eigenvalue weighted by atomic mass is 10.1. The maximum atomic E-state index is 13.2. The third-order valence-corrected chi connectivity index (χ3v) is 1.96. The molecule has 0 aromatic heterocycles. The summed E-state index contributed by atoms with van der Waals surface area (Å²) in [5.41, 5.74) is -0.768. The van der Waals surface area contributed by atoms with E-state index in [-0.39, 0.29) is 6.61 Å². The molecule has 0 saturated carbocycles. The molecule has 1 aromatic carbocycles. The van der Waals surface area contributed by atoms with E-state index in [1.165, 1.54) is 6.92 Å². The van der Waals surface area contributed by atoms with Crippen LogP contribution in [-0.2, 0) is 14.3 Å². The normalized spacial score (nSPS) is 11.2. The zero-order valence-electron chi connectivity index (χ0n) is 9.44. The van der Waals surface area contributed by atoms with E-state index >= 15 is 0 Å². The molecule has 4 nitrogen and oxygen atoms in total. The largest absolute Gasteiger partial charge is 0.507 e. The average Bonchev–Trinajstić information content (AvgIpc) is 2.28. The van der Waals surface area contributed by atoms with E-state index in [1.54, 1.807) is 0 Å². The van der Waals surface area contributed by atoms with Crippen molar-refractivity contribution in [3.05, 3.63) is 41.5 Å². The first-order chi connectivity index (χ1) is 8.47. The first-order valence-corrected chi connectivity index (χ1v) is 5.03. The van der Waals surface area contributed by atoms with Crippen LogP contribution in [0, 0.1) is 11.6 Å². The van der Waals surface area contributed by atoms with E-state index in [0.717, 1.165) is 18.2 Å². The summed E-state index contributed by atoms with van der Waals surface area (Å²) < 4.78 is 30.8. The smallest absolute Gasteiger partial charge is 0.379 e. The molecule has 0 amide bonds. The van der Waals surface area contributed by atoms with Crippen molar-refractivity contribution in [2.24, 2.45) is 0 Å². The number of esters is 1. The molecule has 0 fully saturated rings. The minimum Gasteiger partial charge on any atom is -0.507 e. The lowest BCUT2D eigenvalue weighted by molar-refractivity contribution is -0.151. The fraction of sp³-hybridized carbons (Fsp3) is 0.167. The zero-order chi connectivity index (χ0) is 13.7. The highest BCUT2D eigenvalue weighted by atomic mass is 19.1. The summed E-state index contributed by atoms with van der Waals surface area (Å²) in [5, 5.41) is 9.42. The molecule has 18 heavy (non-hydrogen) atoms. The molecule has 0 radical (unpaired) electrons. The standard InChI is InChI=1S/C12H10F2O4/c1-2-18-12(17)10(16)6-9(15)11-7(13)4-3-5-8(11)14/h3-6,15H,2H2,1H3/b9-6-. The number of ketones is 1. The summed E-state index contributed by atoms with van der Waals surface area (Å²) in [7, 11) is 0. The highest BCUT2D eigenvalue weighted by Crippen LogP contribution is 2.19. The van der Waals surface area contributed by atoms with Crippen molar-refractivity contribution in [1.82, 2.24) is 0 Å². The molecule has 0 bridgehead atoms. The predicted octanol–water partition coefficient (Wildman–Crippen LogP) is 2.00. The highest BCUT2D eigenvalue weighted by molar-refractivity contribution is 6.39. The van der Waals surface area contributed by atoms with Crippen LogP contribution in [0.4, 0.5) is 8.78 Å². The Morgan fingerprint density at radius 3 is 2.39 bits per heavy atom. The number of hydrogen-bond donors (Lipinski definition) is 1. The summed E-state index contributed by atoms with van der Waals surface area (Å²) in [4.78, 5) is 22.1. The molecular formula is C12H10F2O4.